The zero-order valence-electron chi connectivity index (χ0n) is 12.4. The molecule has 0 radical (unpaired) electrons. The lowest BCUT2D eigenvalue weighted by Crippen LogP contribution is -2.35. The van der Waals surface area contributed by atoms with Crippen molar-refractivity contribution in [1.29, 1.82) is 0 Å². The van der Waals surface area contributed by atoms with Crippen LogP contribution in [-0.2, 0) is 9.53 Å². The number of amides is 1. The SMILES string of the molecule is CC(C)(C)OC(=O)N1C[C@@H](C(=O)O)[C@H](c2ccccn2)C1. The first-order valence-electron chi connectivity index (χ1n) is 6.89. The minimum atomic E-state index is -0.920. The first-order valence-corrected chi connectivity index (χ1v) is 6.89. The highest BCUT2D eigenvalue weighted by atomic mass is 16.6. The third kappa shape index (κ3) is 3.71. The third-order valence-corrected chi connectivity index (χ3v) is 3.36. The fourth-order valence-electron chi connectivity index (χ4n) is 2.42. The van der Waals surface area contributed by atoms with Gasteiger partial charge in [0.25, 0.3) is 0 Å². The normalized spacial score (nSPS) is 22.1. The number of aromatic nitrogens is 1. The molecule has 2 rings (SSSR count). The predicted octanol–water partition coefficient (Wildman–Crippen LogP) is 2.12. The second-order valence-electron chi connectivity index (χ2n) is 6.19. The van der Waals surface area contributed by atoms with Crippen molar-refractivity contribution in [3.63, 3.8) is 0 Å². The fraction of sp³-hybridized carbons (Fsp3) is 0.533. The van der Waals surface area contributed by atoms with Crippen LogP contribution in [0.4, 0.5) is 4.79 Å². The molecule has 21 heavy (non-hydrogen) atoms. The second kappa shape index (κ2) is 5.71. The first-order chi connectivity index (χ1) is 9.78. The minimum absolute atomic E-state index is 0.144. The summed E-state index contributed by atoms with van der Waals surface area (Å²) in [6.45, 7) is 5.80. The van der Waals surface area contributed by atoms with E-state index in [-0.39, 0.29) is 12.5 Å². The molecule has 0 saturated carbocycles. The Balaban J connectivity index is 2.16. The summed E-state index contributed by atoms with van der Waals surface area (Å²) in [7, 11) is 0. The number of carbonyl (C=O) groups is 2. The van der Waals surface area contributed by atoms with Gasteiger partial charge in [0, 0.05) is 30.9 Å². The molecule has 1 amide bonds. The van der Waals surface area contributed by atoms with Gasteiger partial charge in [0.1, 0.15) is 5.60 Å². The molecule has 0 aliphatic carbocycles. The monoisotopic (exact) mass is 292 g/mol. The lowest BCUT2D eigenvalue weighted by atomic mass is 9.93. The van der Waals surface area contributed by atoms with Crippen LogP contribution in [0.2, 0.25) is 0 Å². The number of pyridine rings is 1. The molecular formula is C15H20N2O4. The maximum absolute atomic E-state index is 12.1. The zero-order chi connectivity index (χ0) is 15.6. The molecule has 1 aromatic rings. The Morgan fingerprint density at radius 2 is 2.05 bits per heavy atom. The number of carboxylic acid groups (broad SMARTS) is 1. The highest BCUT2D eigenvalue weighted by Gasteiger charge is 2.42. The van der Waals surface area contributed by atoms with Crippen LogP contribution in [0.1, 0.15) is 32.4 Å². The molecule has 0 unspecified atom stereocenters. The summed E-state index contributed by atoms with van der Waals surface area (Å²) in [5.41, 5.74) is 0.0924. The summed E-state index contributed by atoms with van der Waals surface area (Å²) in [5.74, 6) is -1.89. The van der Waals surface area contributed by atoms with Crippen LogP contribution in [0.5, 0.6) is 0 Å². The van der Waals surface area contributed by atoms with Crippen molar-refractivity contribution in [2.24, 2.45) is 5.92 Å². The van der Waals surface area contributed by atoms with Crippen LogP contribution in [0.15, 0.2) is 24.4 Å². The van der Waals surface area contributed by atoms with Crippen molar-refractivity contribution in [1.82, 2.24) is 9.88 Å². The number of nitrogens with zero attached hydrogens (tertiary/aromatic N) is 2. The van der Waals surface area contributed by atoms with Crippen LogP contribution >= 0.6 is 0 Å². The minimum Gasteiger partial charge on any atom is -0.481 e. The Morgan fingerprint density at radius 3 is 2.57 bits per heavy atom. The number of aliphatic carboxylic acids is 1. The smallest absolute Gasteiger partial charge is 0.410 e. The molecule has 1 aliphatic rings. The average Bonchev–Trinajstić information content (AvgIpc) is 2.83. The number of ether oxygens (including phenoxy) is 1. The van der Waals surface area contributed by atoms with Gasteiger partial charge in [-0.15, -0.1) is 0 Å². The second-order valence-corrected chi connectivity index (χ2v) is 6.19. The Morgan fingerprint density at radius 1 is 1.33 bits per heavy atom. The Kier molecular flexibility index (Phi) is 4.16. The molecule has 1 fully saturated rings. The van der Waals surface area contributed by atoms with E-state index in [1.54, 1.807) is 39.1 Å². The van der Waals surface area contributed by atoms with Crippen molar-refractivity contribution >= 4 is 12.1 Å². The number of hydrogen-bond donors (Lipinski definition) is 1. The van der Waals surface area contributed by atoms with Crippen LogP contribution in [0.3, 0.4) is 0 Å². The van der Waals surface area contributed by atoms with Gasteiger partial charge in [-0.25, -0.2) is 4.79 Å². The summed E-state index contributed by atoms with van der Waals surface area (Å²) in [5, 5.41) is 9.37. The van der Waals surface area contributed by atoms with Gasteiger partial charge in [-0.1, -0.05) is 6.07 Å². The van der Waals surface area contributed by atoms with Crippen molar-refractivity contribution in [2.45, 2.75) is 32.3 Å². The number of hydrogen-bond acceptors (Lipinski definition) is 4. The molecule has 114 valence electrons. The number of rotatable bonds is 2. The van der Waals surface area contributed by atoms with Crippen molar-refractivity contribution < 1.29 is 19.4 Å². The van der Waals surface area contributed by atoms with Crippen LogP contribution < -0.4 is 0 Å². The predicted molar refractivity (Wildman–Crippen MR) is 75.9 cm³/mol. The van der Waals surface area contributed by atoms with Gasteiger partial charge < -0.3 is 14.7 Å². The number of carbonyl (C=O) groups excluding carboxylic acids is 1. The van der Waals surface area contributed by atoms with E-state index in [1.165, 1.54) is 4.90 Å². The van der Waals surface area contributed by atoms with Crippen molar-refractivity contribution in [3.8, 4) is 0 Å². The summed E-state index contributed by atoms with van der Waals surface area (Å²) >= 11 is 0. The molecule has 6 nitrogen and oxygen atoms in total. The van der Waals surface area contributed by atoms with E-state index in [1.807, 2.05) is 6.07 Å². The van der Waals surface area contributed by atoms with Crippen LogP contribution in [0.25, 0.3) is 0 Å². The van der Waals surface area contributed by atoms with E-state index in [0.717, 1.165) is 0 Å². The van der Waals surface area contributed by atoms with Gasteiger partial charge in [0.15, 0.2) is 0 Å². The zero-order valence-corrected chi connectivity index (χ0v) is 12.4. The summed E-state index contributed by atoms with van der Waals surface area (Å²) in [6, 6.07) is 5.39. The van der Waals surface area contributed by atoms with Gasteiger partial charge in [0.2, 0.25) is 0 Å². The van der Waals surface area contributed by atoms with Gasteiger partial charge in [-0.05, 0) is 32.9 Å². The molecule has 1 aromatic heterocycles. The molecule has 1 saturated heterocycles. The van der Waals surface area contributed by atoms with Gasteiger partial charge in [0.05, 0.1) is 5.92 Å². The summed E-state index contributed by atoms with van der Waals surface area (Å²) in [6.07, 6.45) is 1.15. The third-order valence-electron chi connectivity index (χ3n) is 3.36. The maximum Gasteiger partial charge on any atom is 0.410 e. The molecule has 1 N–H and O–H groups in total. The number of likely N-dealkylation sites (tertiary alicyclic amines) is 1. The van der Waals surface area contributed by atoms with Crippen molar-refractivity contribution in [3.05, 3.63) is 30.1 Å². The fourth-order valence-corrected chi connectivity index (χ4v) is 2.42. The van der Waals surface area contributed by atoms with E-state index >= 15 is 0 Å². The van der Waals surface area contributed by atoms with E-state index in [4.69, 9.17) is 4.74 Å². The van der Waals surface area contributed by atoms with Gasteiger partial charge >= 0.3 is 12.1 Å². The summed E-state index contributed by atoms with van der Waals surface area (Å²) < 4.78 is 5.31. The first kappa shape index (κ1) is 15.3. The van der Waals surface area contributed by atoms with E-state index < -0.39 is 23.6 Å². The molecule has 0 aromatic carbocycles. The van der Waals surface area contributed by atoms with Crippen LogP contribution in [0, 0.1) is 5.92 Å². The molecule has 1 aliphatic heterocycles. The Labute approximate surface area is 123 Å². The quantitative estimate of drug-likeness (QED) is 0.903. The lowest BCUT2D eigenvalue weighted by molar-refractivity contribution is -0.141. The number of carboxylic acids is 1. The van der Waals surface area contributed by atoms with Crippen molar-refractivity contribution in [2.75, 3.05) is 13.1 Å². The molecule has 0 spiro atoms. The Hall–Kier alpha value is -2.11. The molecule has 6 heteroatoms. The largest absolute Gasteiger partial charge is 0.481 e. The highest BCUT2D eigenvalue weighted by molar-refractivity contribution is 5.75. The lowest BCUT2D eigenvalue weighted by Gasteiger charge is -2.24. The standard InChI is InChI=1S/C15H20N2O4/c1-15(2,3)21-14(20)17-8-10(11(9-17)13(18)19)12-6-4-5-7-16-12/h4-7,10-11H,8-9H2,1-3H3,(H,18,19)/t10-,11-/m1/s1. The van der Waals surface area contributed by atoms with E-state index in [9.17, 15) is 14.7 Å². The molecular weight excluding hydrogens is 272 g/mol. The van der Waals surface area contributed by atoms with Gasteiger partial charge in [-0.2, -0.15) is 0 Å². The molecule has 2 heterocycles. The summed E-state index contributed by atoms with van der Waals surface area (Å²) in [4.78, 5) is 29.2. The molecule has 2 atom stereocenters. The van der Waals surface area contributed by atoms with E-state index in [2.05, 4.69) is 4.98 Å². The van der Waals surface area contributed by atoms with Crippen LogP contribution in [-0.4, -0.2) is 45.7 Å². The van der Waals surface area contributed by atoms with Gasteiger partial charge in [-0.3, -0.25) is 9.78 Å². The topological polar surface area (TPSA) is 79.7 Å². The average molecular weight is 292 g/mol. The maximum atomic E-state index is 12.1. The molecule has 0 bridgehead atoms. The van der Waals surface area contributed by atoms with E-state index in [0.29, 0.717) is 12.2 Å². The highest BCUT2D eigenvalue weighted by Crippen LogP contribution is 2.32. The Bertz CT molecular complexity index is 524.